The van der Waals surface area contributed by atoms with Crippen LogP contribution in [0.4, 0.5) is 20.5 Å². The third-order valence-corrected chi connectivity index (χ3v) is 5.58. The van der Waals surface area contributed by atoms with Crippen molar-refractivity contribution < 1.29 is 13.9 Å². The molecule has 2 aromatic heterocycles. The van der Waals surface area contributed by atoms with E-state index in [1.54, 1.807) is 6.20 Å². The molecule has 2 aromatic rings. The van der Waals surface area contributed by atoms with Crippen molar-refractivity contribution in [2.75, 3.05) is 17.2 Å². The SMILES string of the molecule is CC1CC(Nc2nc(NCCc3cncc(C(F)(F)P)c3)ncc2C#N)CC[C@@H]1O. The second-order valence-electron chi connectivity index (χ2n) is 7.65. The first-order chi connectivity index (χ1) is 14.3. The van der Waals surface area contributed by atoms with Gasteiger partial charge in [0.05, 0.1) is 12.3 Å². The van der Waals surface area contributed by atoms with Gasteiger partial charge in [0.2, 0.25) is 5.95 Å². The van der Waals surface area contributed by atoms with E-state index in [9.17, 15) is 19.1 Å². The summed E-state index contributed by atoms with van der Waals surface area (Å²) in [5.41, 5.74) is -2.15. The van der Waals surface area contributed by atoms with Crippen molar-refractivity contribution in [2.24, 2.45) is 5.92 Å². The van der Waals surface area contributed by atoms with Gasteiger partial charge in [-0.1, -0.05) is 16.2 Å². The molecule has 0 bridgehead atoms. The van der Waals surface area contributed by atoms with Gasteiger partial charge in [-0.25, -0.2) is 4.98 Å². The molecule has 160 valence electrons. The molecule has 3 rings (SSSR count). The van der Waals surface area contributed by atoms with Crippen molar-refractivity contribution in [1.29, 1.82) is 5.26 Å². The second-order valence-corrected chi connectivity index (χ2v) is 8.37. The van der Waals surface area contributed by atoms with Gasteiger partial charge in [0, 0.05) is 30.5 Å². The number of halogens is 2. The molecule has 4 atom stereocenters. The Kier molecular flexibility index (Phi) is 7.11. The molecule has 1 fully saturated rings. The average Bonchev–Trinajstić information content (AvgIpc) is 2.71. The number of rotatable bonds is 7. The molecule has 1 aliphatic rings. The standard InChI is InChI=1S/C20H25F2N6OP/c1-12-6-16(2-3-17(12)29)27-18-14(8-23)10-26-19(28-18)25-5-4-13-7-15(11-24-9-13)20(21,22)30/h7,9-12,16-17,29H,2-6,30H2,1H3,(H2,25,26,27,28)/t12?,16?,17-/m0/s1. The Bertz CT molecular complexity index is 917. The predicted octanol–water partition coefficient (Wildman–Crippen LogP) is 3.28. The molecule has 0 aromatic carbocycles. The number of nitrogens with zero attached hydrogens (tertiary/aromatic N) is 4. The summed E-state index contributed by atoms with van der Waals surface area (Å²) in [5, 5.41) is 25.6. The lowest BCUT2D eigenvalue weighted by atomic mass is 9.84. The summed E-state index contributed by atoms with van der Waals surface area (Å²) in [5.74, 6) is 0.982. The Morgan fingerprint density at radius 2 is 2.13 bits per heavy atom. The molecule has 0 aliphatic heterocycles. The van der Waals surface area contributed by atoms with Gasteiger partial charge in [-0.05, 0) is 43.2 Å². The summed E-state index contributed by atoms with van der Waals surface area (Å²) >= 11 is 0. The largest absolute Gasteiger partial charge is 0.393 e. The maximum Gasteiger partial charge on any atom is 0.285 e. The number of alkyl halides is 2. The van der Waals surface area contributed by atoms with E-state index in [-0.39, 0.29) is 23.6 Å². The molecule has 3 unspecified atom stereocenters. The minimum atomic E-state index is -3.01. The van der Waals surface area contributed by atoms with Crippen molar-refractivity contribution in [3.05, 3.63) is 41.3 Å². The highest BCUT2D eigenvalue weighted by atomic mass is 31.0. The molecule has 1 saturated carbocycles. The molecule has 3 N–H and O–H groups in total. The summed E-state index contributed by atoms with van der Waals surface area (Å²) in [7, 11) is 1.51. The van der Waals surface area contributed by atoms with Crippen LogP contribution in [0.2, 0.25) is 0 Å². The van der Waals surface area contributed by atoms with E-state index in [2.05, 4.69) is 31.7 Å². The third-order valence-electron chi connectivity index (χ3n) is 5.25. The van der Waals surface area contributed by atoms with Crippen LogP contribution in [0, 0.1) is 17.2 Å². The van der Waals surface area contributed by atoms with Crippen LogP contribution in [0.15, 0.2) is 24.7 Å². The first-order valence-corrected chi connectivity index (χ1v) is 10.4. The fraction of sp³-hybridized carbons (Fsp3) is 0.500. The topological polar surface area (TPSA) is 107 Å². The molecule has 10 heteroatoms. The van der Waals surface area contributed by atoms with Crippen molar-refractivity contribution in [1.82, 2.24) is 15.0 Å². The van der Waals surface area contributed by atoms with Crippen LogP contribution in [0.1, 0.15) is 42.9 Å². The van der Waals surface area contributed by atoms with Gasteiger partial charge < -0.3 is 15.7 Å². The van der Waals surface area contributed by atoms with Crippen molar-refractivity contribution >= 4 is 21.0 Å². The van der Waals surface area contributed by atoms with Gasteiger partial charge in [0.15, 0.2) is 0 Å². The third kappa shape index (κ3) is 5.80. The maximum atomic E-state index is 13.4. The Balaban J connectivity index is 1.62. The zero-order valence-corrected chi connectivity index (χ0v) is 17.8. The number of aliphatic hydroxyl groups excluding tert-OH is 1. The van der Waals surface area contributed by atoms with E-state index in [1.165, 1.54) is 21.5 Å². The lowest BCUT2D eigenvalue weighted by molar-refractivity contribution is 0.0748. The monoisotopic (exact) mass is 434 g/mol. The van der Waals surface area contributed by atoms with Gasteiger partial charge in [-0.3, -0.25) is 4.98 Å². The van der Waals surface area contributed by atoms with Crippen LogP contribution in [-0.4, -0.2) is 38.7 Å². The molecular formula is C20H25F2N6OP. The van der Waals surface area contributed by atoms with Crippen LogP contribution in [0.25, 0.3) is 0 Å². The molecule has 0 spiro atoms. The van der Waals surface area contributed by atoms with E-state index in [0.717, 1.165) is 19.0 Å². The van der Waals surface area contributed by atoms with E-state index in [0.29, 0.717) is 42.3 Å². The average molecular weight is 434 g/mol. The summed E-state index contributed by atoms with van der Waals surface area (Å²) < 4.78 is 26.8. The number of pyridine rings is 1. The number of anilines is 2. The number of nitriles is 1. The molecule has 2 heterocycles. The van der Waals surface area contributed by atoms with E-state index in [4.69, 9.17) is 0 Å². The molecule has 1 aliphatic carbocycles. The van der Waals surface area contributed by atoms with Crippen molar-refractivity contribution in [3.8, 4) is 6.07 Å². The van der Waals surface area contributed by atoms with Gasteiger partial charge in [-0.2, -0.15) is 19.0 Å². The normalized spacial score (nSPS) is 21.7. The van der Waals surface area contributed by atoms with Crippen LogP contribution >= 0.6 is 9.24 Å². The van der Waals surface area contributed by atoms with Gasteiger partial charge in [0.1, 0.15) is 17.5 Å². The Morgan fingerprint density at radius 1 is 1.33 bits per heavy atom. The fourth-order valence-electron chi connectivity index (χ4n) is 3.49. The van der Waals surface area contributed by atoms with Crippen LogP contribution < -0.4 is 10.6 Å². The second kappa shape index (κ2) is 9.59. The molecule has 30 heavy (non-hydrogen) atoms. The van der Waals surface area contributed by atoms with Gasteiger partial charge in [0.25, 0.3) is 5.66 Å². The smallest absolute Gasteiger partial charge is 0.285 e. The highest BCUT2D eigenvalue weighted by Crippen LogP contribution is 2.34. The summed E-state index contributed by atoms with van der Waals surface area (Å²) in [4.78, 5) is 12.4. The number of aliphatic hydroxyl groups is 1. The molecule has 0 saturated heterocycles. The van der Waals surface area contributed by atoms with E-state index < -0.39 is 5.66 Å². The minimum absolute atomic E-state index is 0.126. The number of nitrogens with one attached hydrogen (secondary N) is 2. The Morgan fingerprint density at radius 3 is 2.83 bits per heavy atom. The number of hydrogen-bond donors (Lipinski definition) is 3. The first-order valence-electron chi connectivity index (χ1n) is 9.83. The highest BCUT2D eigenvalue weighted by molar-refractivity contribution is 7.17. The summed E-state index contributed by atoms with van der Waals surface area (Å²) in [6, 6.07) is 3.64. The zero-order chi connectivity index (χ0) is 21.7. The van der Waals surface area contributed by atoms with Crippen molar-refractivity contribution in [3.63, 3.8) is 0 Å². The minimum Gasteiger partial charge on any atom is -0.393 e. The molecular weight excluding hydrogens is 409 g/mol. The highest BCUT2D eigenvalue weighted by Gasteiger charge is 2.27. The summed E-state index contributed by atoms with van der Waals surface area (Å²) in [6.45, 7) is 2.43. The predicted molar refractivity (Wildman–Crippen MR) is 113 cm³/mol. The number of aromatic nitrogens is 3. The van der Waals surface area contributed by atoms with Crippen LogP contribution in [0.3, 0.4) is 0 Å². The lowest BCUT2D eigenvalue weighted by Gasteiger charge is -2.32. The van der Waals surface area contributed by atoms with Gasteiger partial charge >= 0.3 is 0 Å². The van der Waals surface area contributed by atoms with E-state index in [1.807, 2.05) is 6.92 Å². The lowest BCUT2D eigenvalue weighted by Crippen LogP contribution is -2.34. The van der Waals surface area contributed by atoms with Crippen molar-refractivity contribution in [2.45, 2.75) is 50.4 Å². The fourth-order valence-corrected chi connectivity index (χ4v) is 3.65. The first kappa shape index (κ1) is 22.3. The Labute approximate surface area is 176 Å². The number of hydrogen-bond acceptors (Lipinski definition) is 7. The maximum absolute atomic E-state index is 13.4. The Hall–Kier alpha value is -2.43. The molecule has 7 nitrogen and oxygen atoms in total. The van der Waals surface area contributed by atoms with Gasteiger partial charge in [-0.15, -0.1) is 0 Å². The molecule has 0 amide bonds. The summed E-state index contributed by atoms with van der Waals surface area (Å²) in [6.07, 6.45) is 6.63. The van der Waals surface area contributed by atoms with E-state index >= 15 is 0 Å². The quantitative estimate of drug-likeness (QED) is 0.574. The van der Waals surface area contributed by atoms with Crippen LogP contribution in [-0.2, 0) is 12.1 Å². The zero-order valence-electron chi connectivity index (χ0n) is 16.6. The molecule has 0 radical (unpaired) electrons. The van der Waals surface area contributed by atoms with Crippen LogP contribution in [0.5, 0.6) is 0 Å².